The van der Waals surface area contributed by atoms with Crippen molar-refractivity contribution in [3.8, 4) is 0 Å². The SMILES string of the molecule is CP(C)(=O)C(C(=O)n1ccnc1)c1csc2ccc(Cl)cc12. The van der Waals surface area contributed by atoms with Crippen LogP contribution in [0, 0.1) is 0 Å². The molecule has 0 radical (unpaired) electrons. The van der Waals surface area contributed by atoms with E-state index in [1.165, 1.54) is 28.4 Å². The molecular formula is C15H14ClN2O2PS. The van der Waals surface area contributed by atoms with Crippen LogP contribution in [0.25, 0.3) is 10.1 Å². The molecule has 3 aromatic rings. The lowest BCUT2D eigenvalue weighted by molar-refractivity contribution is 0.0907. The summed E-state index contributed by atoms with van der Waals surface area (Å²) in [4.78, 5) is 16.7. The van der Waals surface area contributed by atoms with E-state index >= 15 is 0 Å². The maximum atomic E-state index is 12.8. The maximum Gasteiger partial charge on any atom is 0.246 e. The Hall–Kier alpha value is -1.42. The second-order valence-corrected chi connectivity index (χ2v) is 10.2. The molecule has 7 heteroatoms. The fourth-order valence-corrected chi connectivity index (χ4v) is 5.29. The minimum atomic E-state index is -2.72. The predicted octanol–water partition coefficient (Wildman–Crippen LogP) is 4.76. The van der Waals surface area contributed by atoms with Crippen molar-refractivity contribution in [3.05, 3.63) is 52.9 Å². The molecule has 0 amide bonds. The molecule has 0 aliphatic heterocycles. The number of nitrogens with zero attached hydrogens (tertiary/aromatic N) is 2. The second-order valence-electron chi connectivity index (χ2n) is 5.48. The largest absolute Gasteiger partial charge is 0.323 e. The van der Waals surface area contributed by atoms with Crippen molar-refractivity contribution in [1.82, 2.24) is 9.55 Å². The van der Waals surface area contributed by atoms with Gasteiger partial charge in [-0.2, -0.15) is 0 Å². The molecule has 0 saturated heterocycles. The fourth-order valence-electron chi connectivity index (χ4n) is 2.50. The number of halogens is 1. The van der Waals surface area contributed by atoms with Crippen LogP contribution in [0.4, 0.5) is 0 Å². The van der Waals surface area contributed by atoms with Gasteiger partial charge in [-0.25, -0.2) is 4.98 Å². The lowest BCUT2D eigenvalue weighted by atomic mass is 10.1. The van der Waals surface area contributed by atoms with E-state index < -0.39 is 12.8 Å². The third-order valence-corrected chi connectivity index (χ3v) is 6.43. The first-order valence-corrected chi connectivity index (χ1v) is 10.5. The first-order valence-electron chi connectivity index (χ1n) is 6.61. The number of imidazole rings is 1. The van der Waals surface area contributed by atoms with Gasteiger partial charge >= 0.3 is 0 Å². The van der Waals surface area contributed by atoms with E-state index in [1.807, 2.05) is 23.6 Å². The number of thiophene rings is 1. The van der Waals surface area contributed by atoms with E-state index in [0.29, 0.717) is 5.02 Å². The van der Waals surface area contributed by atoms with Crippen molar-refractivity contribution in [2.75, 3.05) is 13.3 Å². The van der Waals surface area contributed by atoms with Gasteiger partial charge in [-0.1, -0.05) is 11.6 Å². The summed E-state index contributed by atoms with van der Waals surface area (Å²) in [6, 6.07) is 5.56. The Morgan fingerprint density at radius 3 is 2.82 bits per heavy atom. The maximum absolute atomic E-state index is 12.8. The molecule has 1 atom stereocenters. The zero-order chi connectivity index (χ0) is 15.9. The van der Waals surface area contributed by atoms with E-state index in [4.69, 9.17) is 11.6 Å². The number of carbonyl (C=O) groups is 1. The monoisotopic (exact) mass is 352 g/mol. The molecule has 0 fully saturated rings. The van der Waals surface area contributed by atoms with Crippen LogP contribution < -0.4 is 0 Å². The summed E-state index contributed by atoms with van der Waals surface area (Å²) in [5, 5.41) is 3.39. The smallest absolute Gasteiger partial charge is 0.246 e. The van der Waals surface area contributed by atoms with Gasteiger partial charge in [0, 0.05) is 22.1 Å². The molecule has 0 bridgehead atoms. The normalized spacial score (nSPS) is 13.4. The molecule has 22 heavy (non-hydrogen) atoms. The summed E-state index contributed by atoms with van der Waals surface area (Å²) < 4.78 is 15.2. The van der Waals surface area contributed by atoms with Gasteiger partial charge in [0.15, 0.2) is 0 Å². The zero-order valence-electron chi connectivity index (χ0n) is 12.1. The number of rotatable bonds is 3. The molecule has 2 aromatic heterocycles. The highest BCUT2D eigenvalue weighted by molar-refractivity contribution is 7.63. The van der Waals surface area contributed by atoms with Crippen molar-refractivity contribution < 1.29 is 9.36 Å². The van der Waals surface area contributed by atoms with Gasteiger partial charge in [-0.3, -0.25) is 9.36 Å². The fraction of sp³-hybridized carbons (Fsp3) is 0.200. The predicted molar refractivity (Wildman–Crippen MR) is 91.9 cm³/mol. The first kappa shape index (κ1) is 15.5. The molecule has 0 aliphatic rings. The lowest BCUT2D eigenvalue weighted by Crippen LogP contribution is -2.18. The number of aromatic nitrogens is 2. The van der Waals surface area contributed by atoms with Gasteiger partial charge in [-0.05, 0) is 47.9 Å². The van der Waals surface area contributed by atoms with E-state index in [0.717, 1.165) is 15.6 Å². The van der Waals surface area contributed by atoms with Gasteiger partial charge in [0.2, 0.25) is 5.91 Å². The topological polar surface area (TPSA) is 52.0 Å². The quantitative estimate of drug-likeness (QED) is 0.639. The summed E-state index contributed by atoms with van der Waals surface area (Å²) in [6.07, 6.45) is 4.55. The van der Waals surface area contributed by atoms with E-state index in [-0.39, 0.29) is 5.91 Å². The lowest BCUT2D eigenvalue weighted by Gasteiger charge is -2.20. The minimum absolute atomic E-state index is 0.231. The zero-order valence-corrected chi connectivity index (χ0v) is 14.5. The summed E-state index contributed by atoms with van der Waals surface area (Å²) in [5.41, 5.74) is 0.0726. The Labute approximate surface area is 137 Å². The molecule has 3 rings (SSSR count). The third-order valence-electron chi connectivity index (χ3n) is 3.47. The van der Waals surface area contributed by atoms with Crippen molar-refractivity contribution in [3.63, 3.8) is 0 Å². The van der Waals surface area contributed by atoms with E-state index in [2.05, 4.69) is 4.98 Å². The van der Waals surface area contributed by atoms with Crippen LogP contribution in [0.5, 0.6) is 0 Å². The molecule has 1 aromatic carbocycles. The van der Waals surface area contributed by atoms with Crippen molar-refractivity contribution in [2.24, 2.45) is 0 Å². The van der Waals surface area contributed by atoms with Gasteiger partial charge in [0.05, 0.1) is 7.14 Å². The second kappa shape index (κ2) is 5.65. The molecule has 0 aliphatic carbocycles. The number of benzene rings is 1. The van der Waals surface area contributed by atoms with Crippen LogP contribution in [0.2, 0.25) is 5.02 Å². The third kappa shape index (κ3) is 2.76. The molecule has 0 N–H and O–H groups in total. The highest BCUT2D eigenvalue weighted by Crippen LogP contribution is 2.55. The number of hydrogen-bond acceptors (Lipinski definition) is 4. The Kier molecular flexibility index (Phi) is 3.98. The van der Waals surface area contributed by atoms with Crippen LogP contribution in [0.3, 0.4) is 0 Å². The van der Waals surface area contributed by atoms with Crippen LogP contribution in [-0.2, 0) is 4.57 Å². The number of fused-ring (bicyclic) bond motifs is 1. The average molecular weight is 353 g/mol. The van der Waals surface area contributed by atoms with Crippen molar-refractivity contribution in [1.29, 1.82) is 0 Å². The molecule has 0 spiro atoms. The highest BCUT2D eigenvalue weighted by Gasteiger charge is 2.35. The summed E-state index contributed by atoms with van der Waals surface area (Å²) in [5.74, 6) is -0.231. The molecular weight excluding hydrogens is 339 g/mol. The van der Waals surface area contributed by atoms with Crippen molar-refractivity contribution >= 4 is 46.1 Å². The summed E-state index contributed by atoms with van der Waals surface area (Å²) in [6.45, 7) is 3.28. The molecule has 4 nitrogen and oxygen atoms in total. The minimum Gasteiger partial charge on any atom is -0.323 e. The molecule has 2 heterocycles. The highest BCUT2D eigenvalue weighted by atomic mass is 35.5. The summed E-state index contributed by atoms with van der Waals surface area (Å²) >= 11 is 7.61. The molecule has 0 saturated carbocycles. The van der Waals surface area contributed by atoms with Gasteiger partial charge in [-0.15, -0.1) is 11.3 Å². The van der Waals surface area contributed by atoms with Gasteiger partial charge in [0.25, 0.3) is 0 Å². The van der Waals surface area contributed by atoms with Crippen molar-refractivity contribution in [2.45, 2.75) is 5.66 Å². The molecule has 114 valence electrons. The van der Waals surface area contributed by atoms with Crippen LogP contribution in [-0.4, -0.2) is 28.8 Å². The standard InChI is InChI=1S/C15H14ClN2O2PS/c1-21(2,20)14(15(19)18-6-5-17-9-18)12-8-22-13-4-3-10(16)7-11(12)13/h3-9,14H,1-2H3. The Bertz CT molecular complexity index is 882. The molecule has 1 unspecified atom stereocenters. The van der Waals surface area contributed by atoms with E-state index in [1.54, 1.807) is 19.5 Å². The Balaban J connectivity index is 2.19. The summed E-state index contributed by atoms with van der Waals surface area (Å²) in [7, 11) is -2.72. The number of hydrogen-bond donors (Lipinski definition) is 0. The van der Waals surface area contributed by atoms with Crippen LogP contribution >= 0.6 is 30.1 Å². The Morgan fingerprint density at radius 1 is 1.41 bits per heavy atom. The average Bonchev–Trinajstić information content (AvgIpc) is 3.07. The first-order chi connectivity index (χ1) is 10.4. The number of carbonyl (C=O) groups excluding carboxylic acids is 1. The van der Waals surface area contributed by atoms with Crippen LogP contribution in [0.1, 0.15) is 16.0 Å². The van der Waals surface area contributed by atoms with Gasteiger partial charge < -0.3 is 4.57 Å². The van der Waals surface area contributed by atoms with Crippen LogP contribution in [0.15, 0.2) is 42.3 Å². The van der Waals surface area contributed by atoms with Gasteiger partial charge in [0.1, 0.15) is 12.0 Å². The Morgan fingerprint density at radius 2 is 2.18 bits per heavy atom. The van der Waals surface area contributed by atoms with E-state index in [9.17, 15) is 9.36 Å².